The Kier molecular flexibility index (Phi) is 3.51. The van der Waals surface area contributed by atoms with Gasteiger partial charge in [-0.05, 0) is 36.2 Å². The Morgan fingerprint density at radius 2 is 1.64 bits per heavy atom. The number of hydrogen-bond donors (Lipinski definition) is 1. The molecule has 2 heteroatoms. The van der Waals surface area contributed by atoms with Gasteiger partial charge in [-0.25, -0.2) is 0 Å². The summed E-state index contributed by atoms with van der Waals surface area (Å²) in [6.07, 6.45) is 1.12. The lowest BCUT2D eigenvalue weighted by Gasteiger charge is -2.15. The standard InChI is InChI=1S/C12H20OSi/c1-10(2)9-11-5-7-12(8-6-11)14(3,4)13/h5-8,10,13H,9H2,1-4H3. The molecule has 0 aliphatic rings. The van der Waals surface area contributed by atoms with Gasteiger partial charge >= 0.3 is 0 Å². The van der Waals surface area contributed by atoms with Gasteiger partial charge < -0.3 is 4.80 Å². The highest BCUT2D eigenvalue weighted by Crippen LogP contribution is 2.07. The van der Waals surface area contributed by atoms with Crippen LogP contribution in [0.1, 0.15) is 19.4 Å². The van der Waals surface area contributed by atoms with Crippen LogP contribution in [-0.4, -0.2) is 13.1 Å². The molecule has 0 unspecified atom stereocenters. The van der Waals surface area contributed by atoms with Gasteiger partial charge in [-0.15, -0.1) is 0 Å². The minimum Gasteiger partial charge on any atom is -0.428 e. The predicted molar refractivity (Wildman–Crippen MR) is 64.3 cm³/mol. The van der Waals surface area contributed by atoms with Crippen LogP contribution in [0.25, 0.3) is 0 Å². The van der Waals surface area contributed by atoms with Gasteiger partial charge in [0.25, 0.3) is 0 Å². The van der Waals surface area contributed by atoms with Crippen LogP contribution in [0.2, 0.25) is 13.1 Å². The summed E-state index contributed by atoms with van der Waals surface area (Å²) in [5, 5.41) is 1.12. The predicted octanol–water partition coefficient (Wildman–Crippen LogP) is 2.29. The smallest absolute Gasteiger partial charge is 0.213 e. The zero-order chi connectivity index (χ0) is 10.8. The highest BCUT2D eigenvalue weighted by atomic mass is 28.4. The molecule has 1 rings (SSSR count). The Bertz CT molecular complexity index is 282. The normalized spacial score (nSPS) is 12.1. The molecule has 0 saturated heterocycles. The number of hydrogen-bond acceptors (Lipinski definition) is 1. The van der Waals surface area contributed by atoms with Crippen molar-refractivity contribution in [1.82, 2.24) is 0 Å². The van der Waals surface area contributed by atoms with Gasteiger partial charge in [-0.1, -0.05) is 38.1 Å². The Morgan fingerprint density at radius 3 is 2.00 bits per heavy atom. The lowest BCUT2D eigenvalue weighted by atomic mass is 10.0. The monoisotopic (exact) mass is 208 g/mol. The summed E-state index contributed by atoms with van der Waals surface area (Å²) in [5.74, 6) is 0.695. The van der Waals surface area contributed by atoms with E-state index in [1.165, 1.54) is 5.56 Å². The largest absolute Gasteiger partial charge is 0.428 e. The third-order valence-corrected chi connectivity index (χ3v) is 4.05. The van der Waals surface area contributed by atoms with Gasteiger partial charge in [0, 0.05) is 0 Å². The fourth-order valence-corrected chi connectivity index (χ4v) is 2.50. The summed E-state index contributed by atoms with van der Waals surface area (Å²) in [4.78, 5) is 9.90. The van der Waals surface area contributed by atoms with Crippen LogP contribution in [0.5, 0.6) is 0 Å². The van der Waals surface area contributed by atoms with Gasteiger partial charge in [0.15, 0.2) is 0 Å². The van der Waals surface area contributed by atoms with E-state index in [9.17, 15) is 4.80 Å². The Labute approximate surface area is 87.9 Å². The molecule has 0 bridgehead atoms. The van der Waals surface area contributed by atoms with Crippen LogP contribution in [-0.2, 0) is 6.42 Å². The van der Waals surface area contributed by atoms with Crippen molar-refractivity contribution in [3.05, 3.63) is 29.8 Å². The molecule has 0 spiro atoms. The second-order valence-corrected chi connectivity index (χ2v) is 8.55. The molecule has 0 heterocycles. The molecule has 0 fully saturated rings. The molecule has 14 heavy (non-hydrogen) atoms. The highest BCUT2D eigenvalue weighted by molar-refractivity contribution is 6.83. The van der Waals surface area contributed by atoms with Gasteiger partial charge in [0.2, 0.25) is 8.32 Å². The van der Waals surface area contributed by atoms with E-state index in [2.05, 4.69) is 38.1 Å². The molecule has 1 nitrogen and oxygen atoms in total. The van der Waals surface area contributed by atoms with E-state index in [1.54, 1.807) is 0 Å². The van der Waals surface area contributed by atoms with Crippen molar-refractivity contribution >= 4 is 13.5 Å². The number of rotatable bonds is 3. The van der Waals surface area contributed by atoms with Crippen molar-refractivity contribution in [1.29, 1.82) is 0 Å². The molecule has 1 aromatic rings. The third kappa shape index (κ3) is 3.27. The number of benzene rings is 1. The molecule has 0 aliphatic carbocycles. The molecule has 0 radical (unpaired) electrons. The topological polar surface area (TPSA) is 20.2 Å². The van der Waals surface area contributed by atoms with Gasteiger partial charge in [-0.3, -0.25) is 0 Å². The SMILES string of the molecule is CC(C)Cc1ccc([Si](C)(C)O)cc1. The van der Waals surface area contributed by atoms with E-state index in [-0.39, 0.29) is 0 Å². The maximum absolute atomic E-state index is 9.90. The van der Waals surface area contributed by atoms with Crippen LogP contribution in [0.15, 0.2) is 24.3 Å². The molecule has 0 aromatic heterocycles. The second kappa shape index (κ2) is 4.28. The first kappa shape index (κ1) is 11.5. The molecular weight excluding hydrogens is 188 g/mol. The van der Waals surface area contributed by atoms with Crippen molar-refractivity contribution in [2.24, 2.45) is 5.92 Å². The lowest BCUT2D eigenvalue weighted by Crippen LogP contribution is -2.41. The van der Waals surface area contributed by atoms with Crippen LogP contribution < -0.4 is 5.19 Å². The lowest BCUT2D eigenvalue weighted by molar-refractivity contribution is 0.568. The minimum absolute atomic E-state index is 0.695. The van der Waals surface area contributed by atoms with E-state index < -0.39 is 8.32 Å². The fraction of sp³-hybridized carbons (Fsp3) is 0.500. The van der Waals surface area contributed by atoms with E-state index >= 15 is 0 Å². The minimum atomic E-state index is -2.10. The van der Waals surface area contributed by atoms with E-state index in [1.807, 2.05) is 13.1 Å². The molecule has 0 aliphatic heterocycles. The summed E-state index contributed by atoms with van der Waals surface area (Å²) < 4.78 is 0. The molecule has 0 amide bonds. The molecule has 1 aromatic carbocycles. The highest BCUT2D eigenvalue weighted by Gasteiger charge is 2.19. The zero-order valence-corrected chi connectivity index (χ0v) is 10.5. The van der Waals surface area contributed by atoms with Crippen molar-refractivity contribution in [2.75, 3.05) is 0 Å². The molecular formula is C12H20OSi. The first-order valence-corrected chi connectivity index (χ1v) is 8.16. The first-order valence-electron chi connectivity index (χ1n) is 5.21. The average molecular weight is 208 g/mol. The summed E-state index contributed by atoms with van der Waals surface area (Å²) in [5.41, 5.74) is 1.36. The Balaban J connectivity index is 2.79. The summed E-state index contributed by atoms with van der Waals surface area (Å²) in [7, 11) is -2.10. The van der Waals surface area contributed by atoms with Crippen LogP contribution in [0, 0.1) is 5.92 Å². The summed E-state index contributed by atoms with van der Waals surface area (Å²) >= 11 is 0. The molecule has 78 valence electrons. The van der Waals surface area contributed by atoms with E-state index in [4.69, 9.17) is 0 Å². The van der Waals surface area contributed by atoms with Crippen LogP contribution in [0.3, 0.4) is 0 Å². The maximum atomic E-state index is 9.90. The van der Waals surface area contributed by atoms with Crippen LogP contribution in [0.4, 0.5) is 0 Å². The molecule has 0 atom stereocenters. The zero-order valence-electron chi connectivity index (χ0n) is 9.54. The third-order valence-electron chi connectivity index (χ3n) is 2.30. The molecule has 0 saturated carbocycles. The maximum Gasteiger partial charge on any atom is 0.213 e. The van der Waals surface area contributed by atoms with Crippen molar-refractivity contribution in [2.45, 2.75) is 33.4 Å². The molecule has 1 N–H and O–H groups in total. The van der Waals surface area contributed by atoms with Gasteiger partial charge in [0.1, 0.15) is 0 Å². The van der Waals surface area contributed by atoms with Gasteiger partial charge in [0.05, 0.1) is 0 Å². The van der Waals surface area contributed by atoms with Crippen LogP contribution >= 0.6 is 0 Å². The quantitative estimate of drug-likeness (QED) is 0.756. The Morgan fingerprint density at radius 1 is 1.14 bits per heavy atom. The summed E-state index contributed by atoms with van der Waals surface area (Å²) in [6.45, 7) is 8.34. The van der Waals surface area contributed by atoms with Gasteiger partial charge in [-0.2, -0.15) is 0 Å². The average Bonchev–Trinajstić information content (AvgIpc) is 2.02. The van der Waals surface area contributed by atoms with E-state index in [0.717, 1.165) is 11.6 Å². The Hall–Kier alpha value is -0.603. The summed E-state index contributed by atoms with van der Waals surface area (Å²) in [6, 6.07) is 8.43. The van der Waals surface area contributed by atoms with Crippen molar-refractivity contribution < 1.29 is 4.80 Å². The first-order chi connectivity index (χ1) is 6.39. The fourth-order valence-electron chi connectivity index (χ4n) is 1.52. The van der Waals surface area contributed by atoms with Crippen molar-refractivity contribution in [3.8, 4) is 0 Å². The van der Waals surface area contributed by atoms with Crippen molar-refractivity contribution in [3.63, 3.8) is 0 Å². The second-order valence-electron chi connectivity index (χ2n) is 4.85. The van der Waals surface area contributed by atoms with E-state index in [0.29, 0.717) is 5.92 Å².